The molecule has 0 unspecified atom stereocenters. The van der Waals surface area contributed by atoms with Crippen LogP contribution in [0.2, 0.25) is 5.02 Å². The summed E-state index contributed by atoms with van der Waals surface area (Å²) in [5, 5.41) is 0.863. The van der Waals surface area contributed by atoms with E-state index in [0.29, 0.717) is 22.3 Å². The smallest absolute Gasteiger partial charge is 0.343 e. The zero-order valence-corrected chi connectivity index (χ0v) is 16.1. The highest BCUT2D eigenvalue weighted by Gasteiger charge is 2.16. The van der Waals surface area contributed by atoms with Gasteiger partial charge in [0.25, 0.3) is 0 Å². The van der Waals surface area contributed by atoms with Crippen LogP contribution in [0.3, 0.4) is 0 Å². The summed E-state index contributed by atoms with van der Waals surface area (Å²) in [5.74, 6) is 0.0228. The molecular weight excluding hydrogens is 392 g/mol. The van der Waals surface area contributed by atoms with Crippen molar-refractivity contribution in [2.45, 2.75) is 0 Å². The molecule has 0 fully saturated rings. The van der Waals surface area contributed by atoms with Gasteiger partial charge in [-0.05, 0) is 35.4 Å². The van der Waals surface area contributed by atoms with Gasteiger partial charge in [0.2, 0.25) is 0 Å². The van der Waals surface area contributed by atoms with E-state index in [1.807, 2.05) is 30.3 Å². The number of esters is 1. The molecule has 0 aliphatic heterocycles. The molecule has 29 heavy (non-hydrogen) atoms. The highest BCUT2D eigenvalue weighted by atomic mass is 35.5. The Morgan fingerprint density at radius 3 is 2.52 bits per heavy atom. The van der Waals surface area contributed by atoms with E-state index in [4.69, 9.17) is 25.5 Å². The number of benzene rings is 3. The van der Waals surface area contributed by atoms with Crippen molar-refractivity contribution < 1.29 is 18.7 Å². The second-order valence-electron chi connectivity index (χ2n) is 6.25. The van der Waals surface area contributed by atoms with Crippen LogP contribution in [0.4, 0.5) is 0 Å². The maximum atomic E-state index is 12.5. The molecule has 0 aliphatic rings. The first-order valence-corrected chi connectivity index (χ1v) is 9.12. The third-order valence-electron chi connectivity index (χ3n) is 4.39. The summed E-state index contributed by atoms with van der Waals surface area (Å²) in [5.41, 5.74) is 1.60. The molecule has 0 radical (unpaired) electrons. The van der Waals surface area contributed by atoms with Crippen molar-refractivity contribution in [3.8, 4) is 22.6 Å². The number of fused-ring (bicyclic) bond motifs is 1. The van der Waals surface area contributed by atoms with Crippen molar-refractivity contribution in [1.29, 1.82) is 0 Å². The number of hydrogen-bond acceptors (Lipinski definition) is 5. The molecule has 0 amide bonds. The summed E-state index contributed by atoms with van der Waals surface area (Å²) in [6, 6.07) is 20.5. The van der Waals surface area contributed by atoms with E-state index in [2.05, 4.69) is 0 Å². The van der Waals surface area contributed by atoms with Crippen LogP contribution in [0, 0.1) is 0 Å². The van der Waals surface area contributed by atoms with Gasteiger partial charge >= 0.3 is 11.6 Å². The molecular formula is C23H15ClO5. The lowest BCUT2D eigenvalue weighted by Gasteiger charge is -2.10. The fourth-order valence-electron chi connectivity index (χ4n) is 3.01. The van der Waals surface area contributed by atoms with Crippen LogP contribution in [0.1, 0.15) is 10.4 Å². The predicted octanol–water partition coefficient (Wildman–Crippen LogP) is 5.34. The summed E-state index contributed by atoms with van der Waals surface area (Å²) in [4.78, 5) is 24.6. The number of carbonyl (C=O) groups is 1. The van der Waals surface area contributed by atoms with Crippen molar-refractivity contribution >= 4 is 28.5 Å². The highest BCUT2D eigenvalue weighted by Crippen LogP contribution is 2.35. The Hall–Kier alpha value is -3.57. The Kier molecular flexibility index (Phi) is 5.06. The summed E-state index contributed by atoms with van der Waals surface area (Å²) in [6.45, 7) is 0. The molecule has 144 valence electrons. The zero-order valence-electron chi connectivity index (χ0n) is 15.3. The Labute approximate surface area is 171 Å². The van der Waals surface area contributed by atoms with Crippen molar-refractivity contribution in [2.24, 2.45) is 0 Å². The monoisotopic (exact) mass is 406 g/mol. The van der Waals surface area contributed by atoms with Crippen LogP contribution in [0.15, 0.2) is 82.0 Å². The first kappa shape index (κ1) is 18.8. The molecule has 4 rings (SSSR count). The molecule has 0 atom stereocenters. The average molecular weight is 407 g/mol. The first-order valence-electron chi connectivity index (χ1n) is 8.74. The minimum atomic E-state index is -0.605. The molecule has 5 nitrogen and oxygen atoms in total. The van der Waals surface area contributed by atoms with Gasteiger partial charge in [0.15, 0.2) is 5.75 Å². The Morgan fingerprint density at radius 2 is 1.76 bits per heavy atom. The van der Waals surface area contributed by atoms with E-state index in [0.717, 1.165) is 5.56 Å². The second kappa shape index (κ2) is 7.81. The molecule has 0 aliphatic carbocycles. The van der Waals surface area contributed by atoms with E-state index in [9.17, 15) is 9.59 Å². The number of rotatable bonds is 4. The number of hydrogen-bond donors (Lipinski definition) is 0. The van der Waals surface area contributed by atoms with Crippen molar-refractivity contribution in [3.05, 3.63) is 93.8 Å². The number of carbonyl (C=O) groups excluding carboxylic acids is 1. The van der Waals surface area contributed by atoms with E-state index < -0.39 is 11.6 Å². The maximum absolute atomic E-state index is 12.5. The van der Waals surface area contributed by atoms with Crippen molar-refractivity contribution in [1.82, 2.24) is 0 Å². The van der Waals surface area contributed by atoms with Gasteiger partial charge in [0, 0.05) is 17.5 Å². The fraction of sp³-hybridized carbons (Fsp3) is 0.0435. The fourth-order valence-corrected chi connectivity index (χ4v) is 3.21. The molecule has 0 saturated heterocycles. The third kappa shape index (κ3) is 3.86. The quantitative estimate of drug-likeness (QED) is 0.260. The standard InChI is InChI=1S/C23H15ClO5/c1-27-16-9-5-8-15(10-16)23(26)29-21-13-20-18(11-19(21)24)17(12-22(25)28-20)14-6-3-2-4-7-14/h2-13H,1H3. The molecule has 0 N–H and O–H groups in total. The minimum Gasteiger partial charge on any atom is -0.497 e. The Balaban J connectivity index is 1.76. The van der Waals surface area contributed by atoms with Gasteiger partial charge in [0.05, 0.1) is 17.7 Å². The van der Waals surface area contributed by atoms with Crippen LogP contribution in [0.25, 0.3) is 22.1 Å². The lowest BCUT2D eigenvalue weighted by molar-refractivity contribution is 0.0734. The van der Waals surface area contributed by atoms with Crippen LogP contribution >= 0.6 is 11.6 Å². The molecule has 6 heteroatoms. The normalized spacial score (nSPS) is 10.7. The van der Waals surface area contributed by atoms with Crippen LogP contribution in [-0.2, 0) is 0 Å². The minimum absolute atomic E-state index is 0.0975. The number of halogens is 1. The van der Waals surface area contributed by atoms with E-state index in [1.165, 1.54) is 19.2 Å². The number of ether oxygens (including phenoxy) is 2. The van der Waals surface area contributed by atoms with Crippen LogP contribution in [-0.4, -0.2) is 13.1 Å². The van der Waals surface area contributed by atoms with Crippen LogP contribution in [0.5, 0.6) is 11.5 Å². The topological polar surface area (TPSA) is 65.7 Å². The summed E-state index contributed by atoms with van der Waals surface area (Å²) < 4.78 is 15.9. The van der Waals surface area contributed by atoms with Gasteiger partial charge in [0.1, 0.15) is 11.3 Å². The predicted molar refractivity (Wildman–Crippen MR) is 111 cm³/mol. The Bertz CT molecular complexity index is 1260. The summed E-state index contributed by atoms with van der Waals surface area (Å²) >= 11 is 6.37. The molecule has 1 aromatic heterocycles. The second-order valence-corrected chi connectivity index (χ2v) is 6.65. The SMILES string of the molecule is COc1cccc(C(=O)Oc2cc3oc(=O)cc(-c4ccccc4)c3cc2Cl)c1. The molecule has 3 aromatic carbocycles. The summed E-state index contributed by atoms with van der Waals surface area (Å²) in [6.07, 6.45) is 0. The van der Waals surface area contributed by atoms with Gasteiger partial charge < -0.3 is 13.9 Å². The van der Waals surface area contributed by atoms with Gasteiger partial charge in [-0.15, -0.1) is 0 Å². The van der Waals surface area contributed by atoms with Crippen molar-refractivity contribution in [3.63, 3.8) is 0 Å². The highest BCUT2D eigenvalue weighted by molar-refractivity contribution is 6.33. The first-order chi connectivity index (χ1) is 14.0. The largest absolute Gasteiger partial charge is 0.497 e. The maximum Gasteiger partial charge on any atom is 0.343 e. The molecule has 0 bridgehead atoms. The van der Waals surface area contributed by atoms with Gasteiger partial charge in [-0.3, -0.25) is 0 Å². The average Bonchev–Trinajstić information content (AvgIpc) is 2.74. The van der Waals surface area contributed by atoms with E-state index in [-0.39, 0.29) is 16.4 Å². The number of methoxy groups -OCH3 is 1. The van der Waals surface area contributed by atoms with Gasteiger partial charge in [-0.1, -0.05) is 48.0 Å². The molecule has 4 aromatic rings. The third-order valence-corrected chi connectivity index (χ3v) is 4.69. The Morgan fingerprint density at radius 1 is 0.966 bits per heavy atom. The van der Waals surface area contributed by atoms with Crippen LogP contribution < -0.4 is 15.1 Å². The molecule has 1 heterocycles. The van der Waals surface area contributed by atoms with E-state index >= 15 is 0 Å². The van der Waals surface area contributed by atoms with Gasteiger partial charge in [-0.25, -0.2) is 9.59 Å². The lowest BCUT2D eigenvalue weighted by atomic mass is 10.0. The molecule has 0 spiro atoms. The zero-order chi connectivity index (χ0) is 20.4. The lowest BCUT2D eigenvalue weighted by Crippen LogP contribution is -2.09. The summed E-state index contributed by atoms with van der Waals surface area (Å²) in [7, 11) is 1.51. The van der Waals surface area contributed by atoms with Crippen molar-refractivity contribution in [2.75, 3.05) is 7.11 Å². The van der Waals surface area contributed by atoms with Gasteiger partial charge in [-0.2, -0.15) is 0 Å². The van der Waals surface area contributed by atoms with E-state index in [1.54, 1.807) is 30.3 Å². The molecule has 0 saturated carbocycles.